The van der Waals surface area contributed by atoms with Crippen LogP contribution in [0.4, 0.5) is 5.69 Å². The van der Waals surface area contributed by atoms with Crippen molar-refractivity contribution in [1.82, 2.24) is 0 Å². The lowest BCUT2D eigenvalue weighted by Crippen LogP contribution is -2.37. The van der Waals surface area contributed by atoms with Crippen LogP contribution in [0.5, 0.6) is 5.75 Å². The summed E-state index contributed by atoms with van der Waals surface area (Å²) >= 11 is 5.77. The van der Waals surface area contributed by atoms with E-state index in [4.69, 9.17) is 21.4 Å². The lowest BCUT2D eigenvalue weighted by Gasteiger charge is -2.26. The Morgan fingerprint density at radius 3 is 2.88 bits per heavy atom. The largest absolute Gasteiger partial charge is 0.478 e. The molecule has 0 saturated carbocycles. The molecule has 1 aliphatic heterocycles. The molecule has 2 rings (SSSR count). The van der Waals surface area contributed by atoms with E-state index in [0.717, 1.165) is 0 Å². The quantitative estimate of drug-likeness (QED) is 0.849. The van der Waals surface area contributed by atoms with Gasteiger partial charge in [-0.1, -0.05) is 18.5 Å². The molecule has 17 heavy (non-hydrogen) atoms. The minimum atomic E-state index is -1.14. The topological polar surface area (TPSA) is 75.6 Å². The summed E-state index contributed by atoms with van der Waals surface area (Å²) in [6.45, 7) is 1.78. The molecule has 1 amide bonds. The molecular formula is C11H10ClNO4. The van der Waals surface area contributed by atoms with Gasteiger partial charge >= 0.3 is 5.97 Å². The molecule has 5 nitrogen and oxygen atoms in total. The van der Waals surface area contributed by atoms with E-state index in [1.165, 1.54) is 12.1 Å². The molecular weight excluding hydrogens is 246 g/mol. The number of nitrogens with one attached hydrogen (secondary N) is 1. The minimum Gasteiger partial charge on any atom is -0.478 e. The number of fused-ring (bicyclic) bond motifs is 1. The normalized spacial score (nSPS) is 18.0. The second-order valence-corrected chi connectivity index (χ2v) is 4.08. The summed E-state index contributed by atoms with van der Waals surface area (Å²) < 4.78 is 5.39. The van der Waals surface area contributed by atoms with E-state index in [9.17, 15) is 9.59 Å². The maximum Gasteiger partial charge on any atom is 0.339 e. The zero-order valence-electron chi connectivity index (χ0n) is 8.99. The highest BCUT2D eigenvalue weighted by atomic mass is 35.5. The second-order valence-electron chi connectivity index (χ2n) is 3.64. The Morgan fingerprint density at radius 1 is 1.59 bits per heavy atom. The summed E-state index contributed by atoms with van der Waals surface area (Å²) in [6.07, 6.45) is -0.200. The maximum absolute atomic E-state index is 11.6. The fourth-order valence-corrected chi connectivity index (χ4v) is 1.87. The second kappa shape index (κ2) is 4.25. The van der Waals surface area contributed by atoms with Gasteiger partial charge in [0, 0.05) is 5.02 Å². The summed E-state index contributed by atoms with van der Waals surface area (Å²) in [5.74, 6) is -1.28. The van der Waals surface area contributed by atoms with Gasteiger partial charge in [-0.15, -0.1) is 0 Å². The molecule has 0 aromatic heterocycles. The molecule has 0 aliphatic carbocycles. The standard InChI is InChI=1S/C11H10ClNO4/c1-2-8-10(14)13-7-4-5(12)3-6(11(15)16)9(7)17-8/h3-4,8H,2H2,1H3,(H,13,14)(H,15,16). The molecule has 0 radical (unpaired) electrons. The monoisotopic (exact) mass is 255 g/mol. The lowest BCUT2D eigenvalue weighted by molar-refractivity contribution is -0.123. The number of carbonyl (C=O) groups is 2. The third-order valence-electron chi connectivity index (χ3n) is 2.47. The zero-order valence-corrected chi connectivity index (χ0v) is 9.75. The van der Waals surface area contributed by atoms with Gasteiger partial charge in [-0.3, -0.25) is 4.79 Å². The molecule has 1 unspecified atom stereocenters. The summed E-state index contributed by atoms with van der Waals surface area (Å²) in [7, 11) is 0. The molecule has 2 N–H and O–H groups in total. The molecule has 0 saturated heterocycles. The Hall–Kier alpha value is -1.75. The molecule has 0 spiro atoms. The Bertz CT molecular complexity index is 500. The first-order chi connectivity index (χ1) is 8.02. The predicted octanol–water partition coefficient (Wildman–Crippen LogP) is 2.15. The molecule has 6 heteroatoms. The first-order valence-corrected chi connectivity index (χ1v) is 5.45. The Labute approximate surface area is 102 Å². The van der Waals surface area contributed by atoms with Crippen LogP contribution in [0.1, 0.15) is 23.7 Å². The number of aromatic carboxylic acids is 1. The highest BCUT2D eigenvalue weighted by Crippen LogP contribution is 2.36. The van der Waals surface area contributed by atoms with Gasteiger partial charge in [0.1, 0.15) is 5.56 Å². The van der Waals surface area contributed by atoms with Crippen molar-refractivity contribution in [1.29, 1.82) is 0 Å². The average Bonchev–Trinajstić information content (AvgIpc) is 2.26. The number of ether oxygens (including phenoxy) is 1. The van der Waals surface area contributed by atoms with Crippen LogP contribution in [-0.4, -0.2) is 23.1 Å². The van der Waals surface area contributed by atoms with E-state index >= 15 is 0 Å². The van der Waals surface area contributed by atoms with Crippen LogP contribution >= 0.6 is 11.6 Å². The number of halogens is 1. The van der Waals surface area contributed by atoms with Crippen molar-refractivity contribution in [3.05, 3.63) is 22.7 Å². The van der Waals surface area contributed by atoms with Crippen LogP contribution in [0.15, 0.2) is 12.1 Å². The summed E-state index contributed by atoms with van der Waals surface area (Å²) in [5, 5.41) is 11.9. The third-order valence-corrected chi connectivity index (χ3v) is 2.68. The summed E-state index contributed by atoms with van der Waals surface area (Å²) in [5.41, 5.74) is 0.246. The first-order valence-electron chi connectivity index (χ1n) is 5.07. The van der Waals surface area contributed by atoms with Gasteiger partial charge in [-0.25, -0.2) is 4.79 Å². The van der Waals surface area contributed by atoms with Crippen molar-refractivity contribution in [2.75, 3.05) is 5.32 Å². The number of hydrogen-bond donors (Lipinski definition) is 2. The number of amides is 1. The van der Waals surface area contributed by atoms with Crippen molar-refractivity contribution in [3.8, 4) is 5.75 Å². The van der Waals surface area contributed by atoms with Crippen molar-refractivity contribution in [2.24, 2.45) is 0 Å². The van der Waals surface area contributed by atoms with E-state index in [2.05, 4.69) is 5.32 Å². The summed E-state index contributed by atoms with van der Waals surface area (Å²) in [6, 6.07) is 2.76. The van der Waals surface area contributed by atoms with Gasteiger partial charge in [-0.2, -0.15) is 0 Å². The first kappa shape index (κ1) is 11.7. The number of benzene rings is 1. The number of carboxylic acids is 1. The van der Waals surface area contributed by atoms with E-state index in [0.29, 0.717) is 12.1 Å². The van der Waals surface area contributed by atoms with Crippen molar-refractivity contribution < 1.29 is 19.4 Å². The third kappa shape index (κ3) is 2.06. The fraction of sp³-hybridized carbons (Fsp3) is 0.273. The predicted molar refractivity (Wildman–Crippen MR) is 61.7 cm³/mol. The highest BCUT2D eigenvalue weighted by Gasteiger charge is 2.30. The van der Waals surface area contributed by atoms with E-state index < -0.39 is 12.1 Å². The van der Waals surface area contributed by atoms with Gasteiger partial charge in [0.15, 0.2) is 11.9 Å². The number of anilines is 1. The van der Waals surface area contributed by atoms with Crippen LogP contribution < -0.4 is 10.1 Å². The van der Waals surface area contributed by atoms with Crippen molar-refractivity contribution in [2.45, 2.75) is 19.4 Å². The van der Waals surface area contributed by atoms with Gasteiger partial charge < -0.3 is 15.2 Å². The molecule has 0 fully saturated rings. The molecule has 0 bridgehead atoms. The number of hydrogen-bond acceptors (Lipinski definition) is 3. The Balaban J connectivity index is 2.54. The summed E-state index contributed by atoms with van der Waals surface area (Å²) in [4.78, 5) is 22.6. The van der Waals surface area contributed by atoms with E-state index in [1.807, 2.05) is 0 Å². The molecule has 1 aromatic carbocycles. The van der Waals surface area contributed by atoms with Crippen LogP contribution in [-0.2, 0) is 4.79 Å². The number of carbonyl (C=O) groups excluding carboxylic acids is 1. The SMILES string of the molecule is CCC1Oc2c(cc(Cl)cc2C(=O)O)NC1=O. The molecule has 90 valence electrons. The van der Waals surface area contributed by atoms with E-state index in [1.54, 1.807) is 6.92 Å². The molecule has 1 aromatic rings. The van der Waals surface area contributed by atoms with Crippen LogP contribution in [0.2, 0.25) is 5.02 Å². The van der Waals surface area contributed by atoms with Crippen molar-refractivity contribution in [3.63, 3.8) is 0 Å². The Morgan fingerprint density at radius 2 is 2.29 bits per heavy atom. The highest BCUT2D eigenvalue weighted by molar-refractivity contribution is 6.31. The fourth-order valence-electron chi connectivity index (χ4n) is 1.65. The minimum absolute atomic E-state index is 0.0500. The molecule has 1 aliphatic rings. The van der Waals surface area contributed by atoms with Gasteiger partial charge in [-0.05, 0) is 18.6 Å². The molecule has 1 atom stereocenters. The van der Waals surface area contributed by atoms with Crippen LogP contribution in [0.3, 0.4) is 0 Å². The van der Waals surface area contributed by atoms with Crippen molar-refractivity contribution >= 4 is 29.2 Å². The maximum atomic E-state index is 11.6. The smallest absolute Gasteiger partial charge is 0.339 e. The van der Waals surface area contributed by atoms with Gasteiger partial charge in [0.05, 0.1) is 5.69 Å². The average molecular weight is 256 g/mol. The number of rotatable bonds is 2. The van der Waals surface area contributed by atoms with Gasteiger partial charge in [0.2, 0.25) is 0 Å². The van der Waals surface area contributed by atoms with Gasteiger partial charge in [0.25, 0.3) is 5.91 Å². The lowest BCUT2D eigenvalue weighted by atomic mass is 10.1. The van der Waals surface area contributed by atoms with Crippen LogP contribution in [0.25, 0.3) is 0 Å². The van der Waals surface area contributed by atoms with Crippen LogP contribution in [0, 0.1) is 0 Å². The van der Waals surface area contributed by atoms with E-state index in [-0.39, 0.29) is 22.2 Å². The Kier molecular flexibility index (Phi) is 2.93. The molecule has 1 heterocycles. The zero-order chi connectivity index (χ0) is 12.6. The number of carboxylic acid groups (broad SMARTS) is 1.